The number of carbonyl (C=O) groups excluding carboxylic acids is 2. The quantitative estimate of drug-likeness (QED) is 0.292. The summed E-state index contributed by atoms with van der Waals surface area (Å²) in [5, 5.41) is 4.98. The number of nitrogens with zero attached hydrogens (tertiary/aromatic N) is 1. The molecule has 2 aromatic rings. The number of hydrogen-bond acceptors (Lipinski definition) is 5. The Morgan fingerprint density at radius 2 is 1.46 bits per heavy atom. The number of hydrogen-bond donors (Lipinski definition) is 1. The molecule has 0 aliphatic carbocycles. The monoisotopic (exact) mass is 524 g/mol. The van der Waals surface area contributed by atoms with E-state index in [1.807, 2.05) is 45.0 Å². The van der Waals surface area contributed by atoms with Crippen LogP contribution in [0.5, 0.6) is 0 Å². The Morgan fingerprint density at radius 1 is 0.886 bits per heavy atom. The van der Waals surface area contributed by atoms with E-state index in [9.17, 15) is 9.59 Å². The molecule has 0 saturated carbocycles. The normalized spacial score (nSPS) is 12.8. The van der Waals surface area contributed by atoms with Crippen LogP contribution in [0.1, 0.15) is 53.5 Å². The maximum atomic E-state index is 12.6. The molecule has 1 unspecified atom stereocenters. The molecule has 35 heavy (non-hydrogen) atoms. The summed E-state index contributed by atoms with van der Waals surface area (Å²) in [5.41, 5.74) is 0.791. The number of halogens is 2. The van der Waals surface area contributed by atoms with Crippen LogP contribution in [0, 0.1) is 0 Å². The van der Waals surface area contributed by atoms with Crippen LogP contribution in [0.2, 0.25) is 0 Å². The molecule has 194 valence electrons. The minimum absolute atomic E-state index is 0.0250. The molecular weight excluding hydrogens is 487 g/mol. The Labute approximate surface area is 219 Å². The average molecular weight is 526 g/mol. The fraction of sp³-hybridized carbons (Fsp3) is 0.556. The van der Waals surface area contributed by atoms with Crippen molar-refractivity contribution >= 4 is 51.7 Å². The zero-order chi connectivity index (χ0) is 26.2. The van der Waals surface area contributed by atoms with E-state index in [2.05, 4.69) is 22.3 Å². The summed E-state index contributed by atoms with van der Waals surface area (Å²) in [5.74, 6) is 0.602. The number of carbonyl (C=O) groups is 2. The third-order valence-corrected chi connectivity index (χ3v) is 5.40. The van der Waals surface area contributed by atoms with E-state index in [-0.39, 0.29) is 12.4 Å². The lowest BCUT2D eigenvalue weighted by molar-refractivity contribution is -0.155. The predicted molar refractivity (Wildman–Crippen MR) is 145 cm³/mol. The van der Waals surface area contributed by atoms with Gasteiger partial charge in [-0.1, -0.05) is 30.3 Å². The average Bonchev–Trinajstić information content (AvgIpc) is 2.71. The van der Waals surface area contributed by atoms with Gasteiger partial charge in [-0.05, 0) is 65.0 Å². The number of ether oxygens (including phenoxy) is 2. The zero-order valence-corrected chi connectivity index (χ0v) is 23.1. The second kappa shape index (κ2) is 12.7. The Hall–Kier alpha value is -2.18. The summed E-state index contributed by atoms with van der Waals surface area (Å²) < 4.78 is 11.0. The van der Waals surface area contributed by atoms with E-state index < -0.39 is 23.3 Å². The first-order valence-corrected chi connectivity index (χ1v) is 13.0. The van der Waals surface area contributed by atoms with Gasteiger partial charge in [0.2, 0.25) is 0 Å². The van der Waals surface area contributed by atoms with Crippen LogP contribution >= 0.6 is 23.2 Å². The largest absolute Gasteiger partial charge is 0.460 e. The highest BCUT2D eigenvalue weighted by molar-refractivity contribution is 6.18. The van der Waals surface area contributed by atoms with E-state index in [1.165, 1.54) is 0 Å². The van der Waals surface area contributed by atoms with Gasteiger partial charge in [-0.25, -0.2) is 4.79 Å². The summed E-state index contributed by atoms with van der Waals surface area (Å²) in [6.45, 7) is 12.2. The molecule has 1 N–H and O–H groups in total. The first-order chi connectivity index (χ1) is 16.3. The van der Waals surface area contributed by atoms with E-state index in [4.69, 9.17) is 32.7 Å². The SMILES string of the molecule is CC(C)(C)OC(=O)CC(Cc1ccc(N(CCCl)CCCl)c2ccccc12)NC(=O)OC(C)(C)C. The van der Waals surface area contributed by atoms with Crippen molar-refractivity contribution in [3.8, 4) is 0 Å². The molecule has 2 rings (SSSR count). The topological polar surface area (TPSA) is 67.9 Å². The van der Waals surface area contributed by atoms with Crippen LogP contribution < -0.4 is 10.2 Å². The van der Waals surface area contributed by atoms with Crippen molar-refractivity contribution in [2.75, 3.05) is 29.7 Å². The zero-order valence-electron chi connectivity index (χ0n) is 21.6. The minimum atomic E-state index is -0.650. The first kappa shape index (κ1) is 29.1. The van der Waals surface area contributed by atoms with Gasteiger partial charge in [0.15, 0.2) is 0 Å². The highest BCUT2D eigenvalue weighted by Gasteiger charge is 2.25. The van der Waals surface area contributed by atoms with Crippen molar-refractivity contribution < 1.29 is 19.1 Å². The molecule has 0 radical (unpaired) electrons. The predicted octanol–water partition coefficient (Wildman–Crippen LogP) is 6.29. The molecule has 2 aromatic carbocycles. The van der Waals surface area contributed by atoms with Gasteiger partial charge in [0.1, 0.15) is 11.2 Å². The second-order valence-electron chi connectivity index (χ2n) is 10.5. The van der Waals surface area contributed by atoms with Crippen molar-refractivity contribution in [2.24, 2.45) is 0 Å². The van der Waals surface area contributed by atoms with Gasteiger partial charge in [0.25, 0.3) is 0 Å². The third kappa shape index (κ3) is 9.77. The Balaban J connectivity index is 2.39. The molecule has 6 nitrogen and oxygen atoms in total. The van der Waals surface area contributed by atoms with Gasteiger partial charge in [-0.2, -0.15) is 0 Å². The lowest BCUT2D eigenvalue weighted by Crippen LogP contribution is -2.42. The molecule has 0 aromatic heterocycles. The van der Waals surface area contributed by atoms with Gasteiger partial charge in [-0.3, -0.25) is 4.79 Å². The Bertz CT molecular complexity index is 963. The van der Waals surface area contributed by atoms with E-state index in [0.29, 0.717) is 31.3 Å². The van der Waals surface area contributed by atoms with Crippen LogP contribution in [0.4, 0.5) is 10.5 Å². The van der Waals surface area contributed by atoms with Gasteiger partial charge in [-0.15, -0.1) is 23.2 Å². The maximum Gasteiger partial charge on any atom is 0.407 e. The van der Waals surface area contributed by atoms with E-state index in [1.54, 1.807) is 20.8 Å². The van der Waals surface area contributed by atoms with E-state index >= 15 is 0 Å². The smallest absolute Gasteiger partial charge is 0.407 e. The molecular formula is C27H38Cl2N2O4. The number of anilines is 1. The van der Waals surface area contributed by atoms with Crippen molar-refractivity contribution in [1.29, 1.82) is 0 Å². The van der Waals surface area contributed by atoms with Crippen molar-refractivity contribution in [2.45, 2.75) is 71.6 Å². The number of esters is 1. The maximum absolute atomic E-state index is 12.6. The van der Waals surface area contributed by atoms with Gasteiger partial charge in [0.05, 0.1) is 6.42 Å². The molecule has 0 spiro atoms. The molecule has 0 saturated heterocycles. The van der Waals surface area contributed by atoms with Crippen molar-refractivity contribution in [3.05, 3.63) is 42.0 Å². The number of amides is 1. The van der Waals surface area contributed by atoms with Crippen LogP contribution in [-0.2, 0) is 20.7 Å². The van der Waals surface area contributed by atoms with Gasteiger partial charge < -0.3 is 19.7 Å². The van der Waals surface area contributed by atoms with Crippen LogP contribution in [0.25, 0.3) is 10.8 Å². The van der Waals surface area contributed by atoms with Gasteiger partial charge >= 0.3 is 12.1 Å². The minimum Gasteiger partial charge on any atom is -0.460 e. The lowest BCUT2D eigenvalue weighted by atomic mass is 9.96. The summed E-state index contributed by atoms with van der Waals surface area (Å²) in [4.78, 5) is 27.4. The highest BCUT2D eigenvalue weighted by Crippen LogP contribution is 2.31. The number of benzene rings is 2. The number of fused-ring (bicyclic) bond motifs is 1. The summed E-state index contributed by atoms with van der Waals surface area (Å²) in [6.07, 6.45) is -0.107. The number of alkyl carbamates (subject to hydrolysis) is 1. The fourth-order valence-corrected chi connectivity index (χ4v) is 4.26. The number of alkyl halides is 2. The standard InChI is InChI=1S/C27H38Cl2N2O4/c1-26(2,3)34-24(32)18-20(30-25(33)35-27(4,5)6)17-19-11-12-23(31(15-13-28)16-14-29)22-10-8-7-9-21(19)22/h7-12,20H,13-18H2,1-6H3,(H,30,33). The van der Waals surface area contributed by atoms with E-state index in [0.717, 1.165) is 22.0 Å². The second-order valence-corrected chi connectivity index (χ2v) is 11.2. The molecule has 0 fully saturated rings. The Morgan fingerprint density at radius 3 is 2.00 bits per heavy atom. The summed E-state index contributed by atoms with van der Waals surface area (Å²) in [6, 6.07) is 11.7. The van der Waals surface area contributed by atoms with Crippen LogP contribution in [0.3, 0.4) is 0 Å². The van der Waals surface area contributed by atoms with Crippen molar-refractivity contribution in [3.63, 3.8) is 0 Å². The molecule has 0 bridgehead atoms. The summed E-state index contributed by atoms with van der Waals surface area (Å²) in [7, 11) is 0. The number of rotatable bonds is 10. The molecule has 1 amide bonds. The molecule has 0 heterocycles. The highest BCUT2D eigenvalue weighted by atomic mass is 35.5. The molecule has 0 aliphatic heterocycles. The van der Waals surface area contributed by atoms with Crippen molar-refractivity contribution in [1.82, 2.24) is 5.32 Å². The lowest BCUT2D eigenvalue weighted by Gasteiger charge is -2.27. The Kier molecular flexibility index (Phi) is 10.5. The molecule has 1 atom stereocenters. The summed E-state index contributed by atoms with van der Waals surface area (Å²) >= 11 is 12.1. The first-order valence-electron chi connectivity index (χ1n) is 11.9. The molecule has 8 heteroatoms. The molecule has 0 aliphatic rings. The van der Waals surface area contributed by atoms with Gasteiger partial charge in [0, 0.05) is 42.0 Å². The third-order valence-electron chi connectivity index (χ3n) is 5.06. The van der Waals surface area contributed by atoms with Crippen LogP contribution in [0.15, 0.2) is 36.4 Å². The van der Waals surface area contributed by atoms with Crippen LogP contribution in [-0.4, -0.2) is 54.2 Å². The number of nitrogens with one attached hydrogen (secondary N) is 1. The fourth-order valence-electron chi connectivity index (χ4n) is 3.85.